The van der Waals surface area contributed by atoms with Crippen LogP contribution in [0.2, 0.25) is 0 Å². The molecule has 0 spiro atoms. The first kappa shape index (κ1) is 23.5. The van der Waals surface area contributed by atoms with Crippen molar-refractivity contribution in [1.82, 2.24) is 14.6 Å². The molecule has 1 aliphatic heterocycles. The van der Waals surface area contributed by atoms with Crippen molar-refractivity contribution in [3.8, 4) is 0 Å². The highest BCUT2D eigenvalue weighted by molar-refractivity contribution is 7.89. The van der Waals surface area contributed by atoms with Crippen LogP contribution in [0.15, 0.2) is 58.7 Å². The van der Waals surface area contributed by atoms with Gasteiger partial charge in [-0.1, -0.05) is 0 Å². The molecule has 3 rings (SSSR count). The van der Waals surface area contributed by atoms with Crippen molar-refractivity contribution in [2.45, 2.75) is 30.1 Å². The first-order valence-corrected chi connectivity index (χ1v) is 11.2. The maximum absolute atomic E-state index is 14.1. The van der Waals surface area contributed by atoms with Crippen LogP contribution in [-0.2, 0) is 21.4 Å². The van der Waals surface area contributed by atoms with Crippen LogP contribution in [0.5, 0.6) is 0 Å². The number of nitrogens with one attached hydrogen (secondary N) is 1. The Hall–Kier alpha value is -3.18. The zero-order valence-electron chi connectivity index (χ0n) is 17.3. The SMILES string of the molecule is CN=CC(=CN)c1cc(CNC(=O)[C@@H]2C[C@@H](F)CN2S(=O)(=O)c2ccc(F)cc2)ccn1. The van der Waals surface area contributed by atoms with E-state index in [-0.39, 0.29) is 17.9 Å². The summed E-state index contributed by atoms with van der Waals surface area (Å²) in [7, 11) is -2.58. The molecule has 8 nitrogen and oxygen atoms in total. The van der Waals surface area contributed by atoms with Crippen molar-refractivity contribution in [3.63, 3.8) is 0 Å². The molecular weight excluding hydrogens is 440 g/mol. The highest BCUT2D eigenvalue weighted by atomic mass is 32.2. The van der Waals surface area contributed by atoms with E-state index in [9.17, 15) is 22.0 Å². The van der Waals surface area contributed by atoms with E-state index in [4.69, 9.17) is 5.73 Å². The number of amides is 1. The van der Waals surface area contributed by atoms with Crippen LogP contribution >= 0.6 is 0 Å². The monoisotopic (exact) mass is 463 g/mol. The predicted molar refractivity (Wildman–Crippen MR) is 116 cm³/mol. The lowest BCUT2D eigenvalue weighted by Gasteiger charge is -2.23. The third kappa shape index (κ3) is 5.17. The van der Waals surface area contributed by atoms with Crippen LogP contribution in [-0.4, -0.2) is 55.6 Å². The molecule has 1 aliphatic rings. The number of carbonyl (C=O) groups excluding carboxylic acids is 1. The summed E-state index contributed by atoms with van der Waals surface area (Å²) in [5, 5.41) is 2.66. The van der Waals surface area contributed by atoms with Crippen LogP contribution in [0, 0.1) is 5.82 Å². The Labute approximate surface area is 184 Å². The molecular formula is C21H23F2N5O3S. The van der Waals surface area contributed by atoms with Gasteiger partial charge in [-0.15, -0.1) is 0 Å². The molecule has 3 N–H and O–H groups in total. The Morgan fingerprint density at radius 1 is 1.34 bits per heavy atom. The van der Waals surface area contributed by atoms with Crippen molar-refractivity contribution in [3.05, 3.63) is 65.9 Å². The molecule has 0 radical (unpaired) electrons. The molecule has 0 saturated carbocycles. The number of hydrogen-bond acceptors (Lipinski definition) is 6. The quantitative estimate of drug-likeness (QED) is 0.606. The molecule has 1 aromatic carbocycles. The summed E-state index contributed by atoms with van der Waals surface area (Å²) >= 11 is 0. The van der Waals surface area contributed by atoms with Gasteiger partial charge in [0.05, 0.1) is 10.6 Å². The molecule has 0 aliphatic carbocycles. The minimum atomic E-state index is -4.17. The lowest BCUT2D eigenvalue weighted by Crippen LogP contribution is -2.45. The summed E-state index contributed by atoms with van der Waals surface area (Å²) in [5.41, 5.74) is 7.42. The van der Waals surface area contributed by atoms with Crippen molar-refractivity contribution in [1.29, 1.82) is 0 Å². The third-order valence-electron chi connectivity index (χ3n) is 4.96. The Balaban J connectivity index is 1.75. The number of alkyl halides is 1. The summed E-state index contributed by atoms with van der Waals surface area (Å²) in [5.74, 6) is -1.23. The van der Waals surface area contributed by atoms with Gasteiger partial charge in [0.2, 0.25) is 15.9 Å². The third-order valence-corrected chi connectivity index (χ3v) is 6.85. The number of sulfonamides is 1. The number of benzene rings is 1. The average molecular weight is 464 g/mol. The number of carbonyl (C=O) groups is 1. The first-order chi connectivity index (χ1) is 15.3. The van der Waals surface area contributed by atoms with E-state index in [0.717, 1.165) is 28.6 Å². The van der Waals surface area contributed by atoms with E-state index >= 15 is 0 Å². The van der Waals surface area contributed by atoms with Gasteiger partial charge in [0.15, 0.2) is 0 Å². The molecule has 1 fully saturated rings. The second-order valence-electron chi connectivity index (χ2n) is 7.15. The first-order valence-electron chi connectivity index (χ1n) is 9.74. The van der Waals surface area contributed by atoms with Crippen LogP contribution in [0.1, 0.15) is 17.7 Å². The van der Waals surface area contributed by atoms with E-state index in [2.05, 4.69) is 15.3 Å². The maximum Gasteiger partial charge on any atom is 0.243 e. The summed E-state index contributed by atoms with van der Waals surface area (Å²) in [6, 6.07) is 6.35. The molecule has 1 amide bonds. The predicted octanol–water partition coefficient (Wildman–Crippen LogP) is 1.64. The fourth-order valence-electron chi connectivity index (χ4n) is 3.39. The van der Waals surface area contributed by atoms with E-state index in [0.29, 0.717) is 16.8 Å². The van der Waals surface area contributed by atoms with Gasteiger partial charge >= 0.3 is 0 Å². The molecule has 1 aromatic heterocycles. The Morgan fingerprint density at radius 3 is 2.72 bits per heavy atom. The van der Waals surface area contributed by atoms with Crippen LogP contribution in [0.3, 0.4) is 0 Å². The number of hydrogen-bond donors (Lipinski definition) is 2. The average Bonchev–Trinajstić information content (AvgIpc) is 3.19. The van der Waals surface area contributed by atoms with Gasteiger partial charge in [-0.2, -0.15) is 4.31 Å². The summed E-state index contributed by atoms with van der Waals surface area (Å²) in [6.07, 6.45) is 2.70. The topological polar surface area (TPSA) is 118 Å². The highest BCUT2D eigenvalue weighted by Gasteiger charge is 2.44. The summed E-state index contributed by atoms with van der Waals surface area (Å²) in [6.45, 7) is -0.369. The van der Waals surface area contributed by atoms with Crippen molar-refractivity contribution in [2.75, 3.05) is 13.6 Å². The lowest BCUT2D eigenvalue weighted by molar-refractivity contribution is -0.124. The molecule has 0 unspecified atom stereocenters. The second-order valence-corrected chi connectivity index (χ2v) is 9.04. The van der Waals surface area contributed by atoms with Crippen LogP contribution in [0.4, 0.5) is 8.78 Å². The minimum Gasteiger partial charge on any atom is -0.404 e. The van der Waals surface area contributed by atoms with Crippen molar-refractivity contribution in [2.24, 2.45) is 10.7 Å². The van der Waals surface area contributed by atoms with Crippen LogP contribution in [0.25, 0.3) is 5.57 Å². The molecule has 11 heteroatoms. The number of allylic oxidation sites excluding steroid dienone is 1. The van der Waals surface area contributed by atoms with Gasteiger partial charge in [0.1, 0.15) is 18.0 Å². The molecule has 2 aromatic rings. The molecule has 2 heterocycles. The zero-order valence-corrected chi connectivity index (χ0v) is 18.1. The molecule has 1 saturated heterocycles. The van der Waals surface area contributed by atoms with Gasteiger partial charge in [-0.25, -0.2) is 17.2 Å². The summed E-state index contributed by atoms with van der Waals surface area (Å²) in [4.78, 5) is 20.7. The van der Waals surface area contributed by atoms with Gasteiger partial charge in [0, 0.05) is 50.7 Å². The Bertz CT molecular complexity index is 1140. The van der Waals surface area contributed by atoms with Gasteiger partial charge in [-0.05, 0) is 42.0 Å². The number of nitrogens with zero attached hydrogens (tertiary/aromatic N) is 3. The standard InChI is InChI=1S/C21H23F2N5O3S/c1-25-12-15(10-24)19-8-14(6-7-26-19)11-27-21(29)20-9-17(23)13-28(20)32(30,31)18-4-2-16(22)3-5-18/h2-8,10,12,17,20H,9,11,13,24H2,1H3,(H,27,29)/t17-,20+/m1/s1. The van der Waals surface area contributed by atoms with Crippen molar-refractivity contribution >= 4 is 27.7 Å². The molecule has 170 valence electrons. The largest absolute Gasteiger partial charge is 0.404 e. The number of nitrogens with two attached hydrogens (primary N) is 1. The molecule has 32 heavy (non-hydrogen) atoms. The fourth-order valence-corrected chi connectivity index (χ4v) is 5.01. The number of pyridine rings is 1. The second kappa shape index (κ2) is 9.96. The molecule has 0 bridgehead atoms. The number of halogens is 2. The Morgan fingerprint density at radius 2 is 2.06 bits per heavy atom. The van der Waals surface area contributed by atoms with E-state index in [1.165, 1.54) is 6.20 Å². The highest BCUT2D eigenvalue weighted by Crippen LogP contribution is 2.28. The lowest BCUT2D eigenvalue weighted by atomic mass is 10.1. The smallest absolute Gasteiger partial charge is 0.243 e. The zero-order chi connectivity index (χ0) is 23.3. The van der Waals surface area contributed by atoms with Crippen molar-refractivity contribution < 1.29 is 22.0 Å². The van der Waals surface area contributed by atoms with E-state index < -0.39 is 40.5 Å². The number of aromatic nitrogens is 1. The molecule has 2 atom stereocenters. The van der Waals surface area contributed by atoms with Gasteiger partial charge in [0.25, 0.3) is 0 Å². The Kier molecular flexibility index (Phi) is 7.31. The van der Waals surface area contributed by atoms with Crippen LogP contribution < -0.4 is 11.1 Å². The minimum absolute atomic E-state index is 0.0767. The maximum atomic E-state index is 14.1. The number of rotatable bonds is 7. The number of aliphatic imine (C=N–C) groups is 1. The van der Waals surface area contributed by atoms with Gasteiger partial charge < -0.3 is 11.1 Å². The fraction of sp³-hybridized carbons (Fsp3) is 0.286. The van der Waals surface area contributed by atoms with E-state index in [1.54, 1.807) is 31.6 Å². The summed E-state index contributed by atoms with van der Waals surface area (Å²) < 4.78 is 53.9. The normalized spacial score (nSPS) is 20.0. The van der Waals surface area contributed by atoms with E-state index in [1.807, 2.05) is 0 Å². The van der Waals surface area contributed by atoms with Gasteiger partial charge in [-0.3, -0.25) is 14.8 Å².